The number of carbonyl (C=O) groups excluding carboxylic acids is 1. The number of anilines is 1. The number of nitrogens with zero attached hydrogens (tertiary/aromatic N) is 1. The van der Waals surface area contributed by atoms with Gasteiger partial charge in [-0.15, -0.1) is 0 Å². The molecule has 1 rings (SSSR count). The molecule has 1 amide bonds. The Morgan fingerprint density at radius 1 is 1.20 bits per heavy atom. The first kappa shape index (κ1) is 16.2. The lowest BCUT2D eigenvalue weighted by Gasteiger charge is -2.31. The van der Waals surface area contributed by atoms with Crippen LogP contribution in [0.15, 0.2) is 24.3 Å². The molecule has 110 valence electrons. The van der Waals surface area contributed by atoms with E-state index in [1.165, 1.54) is 17.0 Å². The summed E-state index contributed by atoms with van der Waals surface area (Å²) in [4.78, 5) is 24.8. The number of rotatable bonds is 6. The van der Waals surface area contributed by atoms with E-state index >= 15 is 0 Å². The number of aromatic carboxylic acids is 1. The predicted molar refractivity (Wildman–Crippen MR) is 76.9 cm³/mol. The molecule has 0 spiro atoms. The smallest absolute Gasteiger partial charge is 0.335 e. The SMILES string of the molecule is CCC(C)(C)C(=O)N(CCO)c1ccc(C(=O)O)cc1. The van der Waals surface area contributed by atoms with Crippen molar-refractivity contribution in [3.8, 4) is 0 Å². The zero-order valence-electron chi connectivity index (χ0n) is 12.1. The van der Waals surface area contributed by atoms with Crippen LogP contribution in [0.5, 0.6) is 0 Å². The molecular formula is C15H21NO4. The highest BCUT2D eigenvalue weighted by molar-refractivity contribution is 5.97. The maximum Gasteiger partial charge on any atom is 0.335 e. The first-order valence-corrected chi connectivity index (χ1v) is 6.59. The molecule has 5 nitrogen and oxygen atoms in total. The second-order valence-corrected chi connectivity index (χ2v) is 5.27. The first-order valence-electron chi connectivity index (χ1n) is 6.59. The molecule has 0 aliphatic carbocycles. The minimum absolute atomic E-state index is 0.0860. The normalized spacial score (nSPS) is 11.2. The van der Waals surface area contributed by atoms with E-state index < -0.39 is 11.4 Å². The lowest BCUT2D eigenvalue weighted by Crippen LogP contribution is -2.42. The van der Waals surface area contributed by atoms with Crippen molar-refractivity contribution in [3.05, 3.63) is 29.8 Å². The van der Waals surface area contributed by atoms with Crippen LogP contribution in [0.25, 0.3) is 0 Å². The van der Waals surface area contributed by atoms with E-state index in [4.69, 9.17) is 10.2 Å². The third-order valence-corrected chi connectivity index (χ3v) is 3.46. The summed E-state index contributed by atoms with van der Waals surface area (Å²) in [5, 5.41) is 18.0. The Kier molecular flexibility index (Phi) is 5.27. The molecule has 1 aromatic rings. The number of carboxylic acid groups (broad SMARTS) is 1. The summed E-state index contributed by atoms with van der Waals surface area (Å²) >= 11 is 0. The van der Waals surface area contributed by atoms with Crippen LogP contribution in [0.2, 0.25) is 0 Å². The van der Waals surface area contributed by atoms with Gasteiger partial charge < -0.3 is 15.1 Å². The van der Waals surface area contributed by atoms with Crippen LogP contribution in [-0.2, 0) is 4.79 Å². The van der Waals surface area contributed by atoms with Gasteiger partial charge in [-0.2, -0.15) is 0 Å². The van der Waals surface area contributed by atoms with E-state index in [9.17, 15) is 9.59 Å². The zero-order valence-corrected chi connectivity index (χ0v) is 12.1. The molecule has 0 aromatic heterocycles. The Labute approximate surface area is 118 Å². The van der Waals surface area contributed by atoms with Gasteiger partial charge in [0.2, 0.25) is 5.91 Å². The first-order chi connectivity index (χ1) is 9.33. The Balaban J connectivity index is 3.07. The average molecular weight is 279 g/mol. The molecule has 0 unspecified atom stereocenters. The van der Waals surface area contributed by atoms with Crippen LogP contribution in [0.3, 0.4) is 0 Å². The van der Waals surface area contributed by atoms with Crippen molar-refractivity contribution in [1.29, 1.82) is 0 Å². The molecule has 0 bridgehead atoms. The molecular weight excluding hydrogens is 258 g/mol. The van der Waals surface area contributed by atoms with Gasteiger partial charge in [0.1, 0.15) is 0 Å². The largest absolute Gasteiger partial charge is 0.478 e. The number of aliphatic hydroxyl groups excluding tert-OH is 1. The standard InChI is InChI=1S/C15H21NO4/c1-4-15(2,3)14(20)16(9-10-17)12-7-5-11(6-8-12)13(18)19/h5-8,17H,4,9-10H2,1-3H3,(H,18,19). The number of hydrogen-bond acceptors (Lipinski definition) is 3. The maximum atomic E-state index is 12.5. The third-order valence-electron chi connectivity index (χ3n) is 3.46. The number of amides is 1. The van der Waals surface area contributed by atoms with Crippen molar-refractivity contribution in [2.75, 3.05) is 18.1 Å². The van der Waals surface area contributed by atoms with Gasteiger partial charge in [-0.1, -0.05) is 20.8 Å². The molecule has 2 N–H and O–H groups in total. The lowest BCUT2D eigenvalue weighted by atomic mass is 9.88. The summed E-state index contributed by atoms with van der Waals surface area (Å²) in [5.41, 5.74) is 0.233. The molecule has 0 radical (unpaired) electrons. The van der Waals surface area contributed by atoms with Crippen molar-refractivity contribution < 1.29 is 19.8 Å². The molecule has 0 saturated heterocycles. The summed E-state index contributed by atoms with van der Waals surface area (Å²) in [6.45, 7) is 5.68. The lowest BCUT2D eigenvalue weighted by molar-refractivity contribution is -0.126. The highest BCUT2D eigenvalue weighted by atomic mass is 16.4. The van der Waals surface area contributed by atoms with E-state index in [0.29, 0.717) is 12.1 Å². The number of carbonyl (C=O) groups is 2. The van der Waals surface area contributed by atoms with E-state index in [1.54, 1.807) is 12.1 Å². The van der Waals surface area contributed by atoms with Gasteiger partial charge in [-0.3, -0.25) is 4.79 Å². The fourth-order valence-electron chi connectivity index (χ4n) is 1.75. The van der Waals surface area contributed by atoms with Crippen LogP contribution >= 0.6 is 0 Å². The number of benzene rings is 1. The second-order valence-electron chi connectivity index (χ2n) is 5.27. The monoisotopic (exact) mass is 279 g/mol. The molecule has 20 heavy (non-hydrogen) atoms. The van der Waals surface area contributed by atoms with Crippen molar-refractivity contribution in [1.82, 2.24) is 0 Å². The van der Waals surface area contributed by atoms with Crippen molar-refractivity contribution in [3.63, 3.8) is 0 Å². The summed E-state index contributed by atoms with van der Waals surface area (Å²) in [6, 6.07) is 6.08. The molecule has 0 atom stereocenters. The van der Waals surface area contributed by atoms with E-state index in [-0.39, 0.29) is 24.6 Å². The minimum atomic E-state index is -1.01. The van der Waals surface area contributed by atoms with Crippen LogP contribution < -0.4 is 4.90 Å². The van der Waals surface area contributed by atoms with Crippen LogP contribution in [0.1, 0.15) is 37.6 Å². The zero-order chi connectivity index (χ0) is 15.3. The molecule has 0 heterocycles. The Hall–Kier alpha value is -1.88. The quantitative estimate of drug-likeness (QED) is 0.836. The van der Waals surface area contributed by atoms with E-state index in [2.05, 4.69) is 0 Å². The predicted octanol–water partition coefficient (Wildman–Crippen LogP) is 2.15. The molecule has 0 saturated carbocycles. The Bertz CT molecular complexity index is 479. The number of aliphatic hydroxyl groups is 1. The summed E-state index contributed by atoms with van der Waals surface area (Å²) in [7, 11) is 0. The van der Waals surface area contributed by atoms with Gasteiger partial charge in [0, 0.05) is 17.6 Å². The summed E-state index contributed by atoms with van der Waals surface area (Å²) in [5.74, 6) is -1.09. The topological polar surface area (TPSA) is 77.8 Å². The maximum absolute atomic E-state index is 12.5. The molecule has 0 aliphatic rings. The third kappa shape index (κ3) is 3.57. The molecule has 1 aromatic carbocycles. The van der Waals surface area contributed by atoms with E-state index in [1.807, 2.05) is 20.8 Å². The average Bonchev–Trinajstić information content (AvgIpc) is 2.44. The van der Waals surface area contributed by atoms with Gasteiger partial charge in [0.05, 0.1) is 12.2 Å². The number of carboxylic acids is 1. The fraction of sp³-hybridized carbons (Fsp3) is 0.467. The van der Waals surface area contributed by atoms with Gasteiger partial charge in [0.15, 0.2) is 0 Å². The summed E-state index contributed by atoms with van der Waals surface area (Å²) in [6.07, 6.45) is 0.682. The van der Waals surface area contributed by atoms with Crippen molar-refractivity contribution >= 4 is 17.6 Å². The second kappa shape index (κ2) is 6.52. The Morgan fingerprint density at radius 2 is 1.75 bits per heavy atom. The van der Waals surface area contributed by atoms with Gasteiger partial charge in [0.25, 0.3) is 0 Å². The highest BCUT2D eigenvalue weighted by Gasteiger charge is 2.30. The van der Waals surface area contributed by atoms with E-state index in [0.717, 1.165) is 0 Å². The van der Waals surface area contributed by atoms with Crippen LogP contribution in [0.4, 0.5) is 5.69 Å². The van der Waals surface area contributed by atoms with Crippen LogP contribution in [0, 0.1) is 5.41 Å². The van der Waals surface area contributed by atoms with Crippen LogP contribution in [-0.4, -0.2) is 35.2 Å². The Morgan fingerprint density at radius 3 is 2.15 bits per heavy atom. The minimum Gasteiger partial charge on any atom is -0.478 e. The van der Waals surface area contributed by atoms with Crippen molar-refractivity contribution in [2.45, 2.75) is 27.2 Å². The molecule has 0 aliphatic heterocycles. The van der Waals surface area contributed by atoms with Gasteiger partial charge in [-0.25, -0.2) is 4.79 Å². The number of hydrogen-bond donors (Lipinski definition) is 2. The highest BCUT2D eigenvalue weighted by Crippen LogP contribution is 2.26. The van der Waals surface area contributed by atoms with Gasteiger partial charge >= 0.3 is 5.97 Å². The fourth-order valence-corrected chi connectivity index (χ4v) is 1.75. The molecule has 5 heteroatoms. The van der Waals surface area contributed by atoms with Crippen molar-refractivity contribution in [2.24, 2.45) is 5.41 Å². The molecule has 0 fully saturated rings. The van der Waals surface area contributed by atoms with Gasteiger partial charge in [-0.05, 0) is 30.7 Å². The summed E-state index contributed by atoms with van der Waals surface area (Å²) < 4.78 is 0.